The minimum absolute atomic E-state index is 0.00515. The first kappa shape index (κ1) is 21.0. The largest absolute Gasteiger partial charge is 0.444 e. The number of hydrogen-bond donors (Lipinski definition) is 2. The highest BCUT2D eigenvalue weighted by Crippen LogP contribution is 2.29. The summed E-state index contributed by atoms with van der Waals surface area (Å²) in [5.41, 5.74) is -0.526. The zero-order valence-corrected chi connectivity index (χ0v) is 17.6. The first-order valence-electron chi connectivity index (χ1n) is 9.84. The second-order valence-corrected chi connectivity index (χ2v) is 10.3. The lowest BCUT2D eigenvalue weighted by atomic mass is 9.79. The zero-order valence-electron chi connectivity index (χ0n) is 17.6. The molecule has 2 aliphatic rings. The van der Waals surface area contributed by atoms with Crippen molar-refractivity contribution in [3.8, 4) is 0 Å². The lowest BCUT2D eigenvalue weighted by molar-refractivity contribution is -0.127. The molecule has 0 spiro atoms. The number of ether oxygens (including phenoxy) is 1. The summed E-state index contributed by atoms with van der Waals surface area (Å²) in [6.07, 6.45) is 3.15. The van der Waals surface area contributed by atoms with Crippen LogP contribution in [0.5, 0.6) is 0 Å². The van der Waals surface area contributed by atoms with Gasteiger partial charge in [-0.3, -0.25) is 4.79 Å². The average molecular weight is 368 g/mol. The molecule has 26 heavy (non-hydrogen) atoms. The van der Waals surface area contributed by atoms with E-state index in [0.29, 0.717) is 13.1 Å². The number of piperidine rings is 2. The van der Waals surface area contributed by atoms with Crippen LogP contribution in [-0.4, -0.2) is 52.7 Å². The average Bonchev–Trinajstić information content (AvgIpc) is 2.42. The highest BCUT2D eigenvalue weighted by Gasteiger charge is 2.39. The van der Waals surface area contributed by atoms with Crippen LogP contribution in [0, 0.1) is 5.92 Å². The summed E-state index contributed by atoms with van der Waals surface area (Å²) in [6, 6.07) is 0.158. The van der Waals surface area contributed by atoms with Crippen LogP contribution in [0.3, 0.4) is 0 Å². The van der Waals surface area contributed by atoms with Crippen molar-refractivity contribution in [1.82, 2.24) is 15.5 Å². The molecule has 2 aliphatic heterocycles. The number of hydrogen-bond acceptors (Lipinski definition) is 4. The second kappa shape index (κ2) is 7.37. The third-order valence-electron chi connectivity index (χ3n) is 4.98. The van der Waals surface area contributed by atoms with Gasteiger partial charge >= 0.3 is 6.09 Å². The van der Waals surface area contributed by atoms with Gasteiger partial charge in [0, 0.05) is 30.2 Å². The van der Waals surface area contributed by atoms with E-state index in [2.05, 4.69) is 38.3 Å². The number of nitrogens with one attached hydrogen (secondary N) is 2. The molecule has 2 rings (SSSR count). The molecular formula is C20H37N3O3. The topological polar surface area (TPSA) is 70.7 Å². The number of nitrogens with zero attached hydrogens (tertiary/aromatic N) is 1. The molecule has 2 saturated heterocycles. The fourth-order valence-corrected chi connectivity index (χ4v) is 4.43. The summed E-state index contributed by atoms with van der Waals surface area (Å²) < 4.78 is 5.46. The first-order chi connectivity index (χ1) is 11.8. The van der Waals surface area contributed by atoms with E-state index in [1.807, 2.05) is 20.8 Å². The monoisotopic (exact) mass is 367 g/mol. The Morgan fingerprint density at radius 1 is 1.12 bits per heavy atom. The molecule has 2 heterocycles. The van der Waals surface area contributed by atoms with Crippen LogP contribution in [0.25, 0.3) is 0 Å². The van der Waals surface area contributed by atoms with Gasteiger partial charge in [0.1, 0.15) is 5.60 Å². The van der Waals surface area contributed by atoms with E-state index in [1.165, 1.54) is 0 Å². The summed E-state index contributed by atoms with van der Waals surface area (Å²) in [5.74, 6) is -0.0888. The van der Waals surface area contributed by atoms with Crippen LogP contribution >= 0.6 is 0 Å². The number of rotatable bonds is 2. The van der Waals surface area contributed by atoms with Gasteiger partial charge in [0.25, 0.3) is 0 Å². The van der Waals surface area contributed by atoms with Crippen molar-refractivity contribution in [2.45, 2.75) is 96.9 Å². The molecule has 2 fully saturated rings. The Kier molecular flexibility index (Phi) is 5.96. The van der Waals surface area contributed by atoms with Crippen molar-refractivity contribution in [3.63, 3.8) is 0 Å². The van der Waals surface area contributed by atoms with Gasteiger partial charge in [-0.2, -0.15) is 0 Å². The van der Waals surface area contributed by atoms with Gasteiger partial charge in [0.2, 0.25) is 5.91 Å². The summed E-state index contributed by atoms with van der Waals surface area (Å²) in [6.45, 7) is 15.4. The molecule has 150 valence electrons. The highest BCUT2D eigenvalue weighted by atomic mass is 16.6. The van der Waals surface area contributed by atoms with Crippen molar-refractivity contribution in [1.29, 1.82) is 0 Å². The maximum atomic E-state index is 12.8. The Morgan fingerprint density at radius 2 is 1.69 bits per heavy atom. The minimum atomic E-state index is -0.515. The molecule has 0 bridgehead atoms. The van der Waals surface area contributed by atoms with Gasteiger partial charge < -0.3 is 20.3 Å². The van der Waals surface area contributed by atoms with Gasteiger partial charge in [0.15, 0.2) is 0 Å². The van der Waals surface area contributed by atoms with Crippen LogP contribution in [0.4, 0.5) is 4.79 Å². The third kappa shape index (κ3) is 6.15. The summed E-state index contributed by atoms with van der Waals surface area (Å²) >= 11 is 0. The van der Waals surface area contributed by atoms with Crippen molar-refractivity contribution in [3.05, 3.63) is 0 Å². The summed E-state index contributed by atoms with van der Waals surface area (Å²) in [7, 11) is 0. The molecule has 0 aromatic heterocycles. The standard InChI is InChI=1S/C20H37N3O3/c1-18(2,3)26-17(25)23-10-8-9-14(13-23)16(24)21-15-11-19(4,5)22-20(6,7)12-15/h14-15,22H,8-13H2,1-7H3,(H,21,24)/t14-/m0/s1. The lowest BCUT2D eigenvalue weighted by Crippen LogP contribution is -2.62. The number of amides is 2. The quantitative estimate of drug-likeness (QED) is 0.787. The van der Waals surface area contributed by atoms with Crippen LogP contribution < -0.4 is 10.6 Å². The van der Waals surface area contributed by atoms with E-state index < -0.39 is 5.60 Å². The van der Waals surface area contributed by atoms with Crippen molar-refractivity contribution < 1.29 is 14.3 Å². The zero-order chi connectivity index (χ0) is 19.8. The Bertz CT molecular complexity index is 521. The maximum absolute atomic E-state index is 12.8. The fraction of sp³-hybridized carbons (Fsp3) is 0.900. The van der Waals surface area contributed by atoms with Gasteiger partial charge in [0.05, 0.1) is 5.92 Å². The molecule has 6 nitrogen and oxygen atoms in total. The number of likely N-dealkylation sites (tertiary alicyclic amines) is 1. The molecule has 2 amide bonds. The highest BCUT2D eigenvalue weighted by molar-refractivity contribution is 5.80. The number of carbonyl (C=O) groups is 2. The lowest BCUT2D eigenvalue weighted by Gasteiger charge is -2.47. The molecule has 0 radical (unpaired) electrons. The van der Waals surface area contributed by atoms with Gasteiger partial charge in [-0.05, 0) is 74.1 Å². The normalized spacial score (nSPS) is 26.3. The fourth-order valence-electron chi connectivity index (χ4n) is 4.43. The predicted octanol–water partition coefficient (Wildman–Crippen LogP) is 3.06. The Hall–Kier alpha value is -1.30. The van der Waals surface area contributed by atoms with Crippen LogP contribution in [0.2, 0.25) is 0 Å². The van der Waals surface area contributed by atoms with E-state index in [0.717, 1.165) is 25.7 Å². The van der Waals surface area contributed by atoms with Crippen molar-refractivity contribution >= 4 is 12.0 Å². The van der Waals surface area contributed by atoms with Crippen molar-refractivity contribution in [2.24, 2.45) is 5.92 Å². The van der Waals surface area contributed by atoms with E-state index in [-0.39, 0.29) is 35.0 Å². The summed E-state index contributed by atoms with van der Waals surface area (Å²) in [4.78, 5) is 26.8. The maximum Gasteiger partial charge on any atom is 0.410 e. The predicted molar refractivity (Wildman–Crippen MR) is 103 cm³/mol. The molecule has 0 aromatic carbocycles. The Morgan fingerprint density at radius 3 is 2.23 bits per heavy atom. The van der Waals surface area contributed by atoms with Crippen molar-refractivity contribution in [2.75, 3.05) is 13.1 Å². The molecule has 6 heteroatoms. The van der Waals surface area contributed by atoms with Crippen LogP contribution in [0.15, 0.2) is 0 Å². The van der Waals surface area contributed by atoms with E-state index in [4.69, 9.17) is 4.74 Å². The molecule has 0 aromatic rings. The SMILES string of the molecule is CC1(C)CC(NC(=O)[C@H]2CCCN(C(=O)OC(C)(C)C)C2)CC(C)(C)N1. The Labute approximate surface area is 158 Å². The van der Waals surface area contributed by atoms with Gasteiger partial charge in [-0.25, -0.2) is 4.79 Å². The molecule has 1 atom stereocenters. The molecular weight excluding hydrogens is 330 g/mol. The van der Waals surface area contributed by atoms with E-state index in [1.54, 1.807) is 4.90 Å². The van der Waals surface area contributed by atoms with Gasteiger partial charge in [-0.15, -0.1) is 0 Å². The number of carbonyl (C=O) groups excluding carboxylic acids is 2. The molecule has 0 unspecified atom stereocenters. The van der Waals surface area contributed by atoms with Gasteiger partial charge in [-0.1, -0.05) is 0 Å². The summed E-state index contributed by atoms with van der Waals surface area (Å²) in [5, 5.41) is 6.89. The molecule has 2 N–H and O–H groups in total. The molecule has 0 aliphatic carbocycles. The Balaban J connectivity index is 1.94. The molecule has 0 saturated carbocycles. The van der Waals surface area contributed by atoms with E-state index >= 15 is 0 Å². The minimum Gasteiger partial charge on any atom is -0.444 e. The third-order valence-corrected chi connectivity index (χ3v) is 4.98. The van der Waals surface area contributed by atoms with E-state index in [9.17, 15) is 9.59 Å². The van der Waals surface area contributed by atoms with Crippen LogP contribution in [-0.2, 0) is 9.53 Å². The smallest absolute Gasteiger partial charge is 0.410 e. The first-order valence-corrected chi connectivity index (χ1v) is 9.84. The van der Waals surface area contributed by atoms with Crippen LogP contribution in [0.1, 0.15) is 74.1 Å². The second-order valence-electron chi connectivity index (χ2n) is 10.3.